The molecular formula is C70H126N12O16. The average molecular weight is 1390 g/mol. The maximum atomic E-state index is 15.4. The largest absolute Gasteiger partial charge is 0.481 e. The number of aliphatic hydroxyl groups is 1. The topological polar surface area (TPSA) is 338 Å². The Bertz CT molecular complexity index is 2660. The van der Waals surface area contributed by atoms with Crippen LogP contribution in [0, 0.1) is 35.5 Å². The van der Waals surface area contributed by atoms with Crippen LogP contribution < -0.4 is 21.3 Å². The first-order valence-corrected chi connectivity index (χ1v) is 35.5. The summed E-state index contributed by atoms with van der Waals surface area (Å²) in [7, 11) is 9.73. The number of carbonyl (C=O) groups excluding carboxylic acids is 11. The summed E-state index contributed by atoms with van der Waals surface area (Å²) in [6.45, 7) is 30.9. The monoisotopic (exact) mass is 1390 g/mol. The van der Waals surface area contributed by atoms with Crippen LogP contribution >= 0.6 is 0 Å². The Morgan fingerprint density at radius 2 is 0.980 bits per heavy atom. The van der Waals surface area contributed by atoms with Crippen molar-refractivity contribution in [3.63, 3.8) is 0 Å². The number of aliphatic carboxylic acids is 1. The standard InChI is InChI=1S/C70H126N12O16/c1-24-50-66(92)75(17)48(15)65(91)80(22)57(49(16)98-34-28-27-31-82-32-35-97-36-33-82)62(88)74-55(43(8)9)69(95)76(18)51(37-40(2)3)61(87)71-46(13)60(86)72-47(14)64(90)77(19)52(38-41(4)5)67(93)78(20)53(39-42(6)7)68(94)79(21)56(44(10)11)70(96)81(23)58(63(89)73-50)59(85)45(12)29-25-26-30-54(83)84/h40-53,55-59,85H,24-39H2,1-23H3,(H,71,87)(H,72,86)(H,73,89)(H,74,88)(H,83,84)/t45-,46+,47-,48-,49-,50+,51+,52+,53+,55+,56+,57+,58+,59-/m1/s1. The van der Waals surface area contributed by atoms with Gasteiger partial charge in [0, 0.05) is 75.5 Å². The van der Waals surface area contributed by atoms with Gasteiger partial charge in [-0.05, 0) is 121 Å². The molecule has 11 amide bonds. The zero-order valence-electron chi connectivity index (χ0n) is 63.5. The third-order valence-electron chi connectivity index (χ3n) is 19.1. The zero-order chi connectivity index (χ0) is 75.1. The van der Waals surface area contributed by atoms with Gasteiger partial charge in [-0.2, -0.15) is 0 Å². The Morgan fingerprint density at radius 1 is 0.500 bits per heavy atom. The molecule has 0 aromatic carbocycles. The maximum Gasteiger partial charge on any atom is 0.303 e. The summed E-state index contributed by atoms with van der Waals surface area (Å²) in [6, 6.07) is -14.6. The van der Waals surface area contributed by atoms with Crippen molar-refractivity contribution in [3.8, 4) is 0 Å². The second-order valence-electron chi connectivity index (χ2n) is 29.3. The van der Waals surface area contributed by atoms with Crippen molar-refractivity contribution < 1.29 is 77.2 Å². The Kier molecular flexibility index (Phi) is 36.9. The average Bonchev–Trinajstić information content (AvgIpc) is 0.799. The number of amides is 11. The number of aliphatic hydroxyl groups excluding tert-OH is 1. The minimum Gasteiger partial charge on any atom is -0.481 e. The molecule has 2 heterocycles. The molecule has 0 bridgehead atoms. The van der Waals surface area contributed by atoms with Crippen LogP contribution in [0.15, 0.2) is 0 Å². The molecule has 6 N–H and O–H groups in total. The molecule has 562 valence electrons. The molecule has 0 radical (unpaired) electrons. The van der Waals surface area contributed by atoms with E-state index in [-0.39, 0.29) is 69.3 Å². The lowest BCUT2D eigenvalue weighted by atomic mass is 9.90. The van der Waals surface area contributed by atoms with Gasteiger partial charge in [-0.15, -0.1) is 0 Å². The number of hydrogen-bond acceptors (Lipinski definition) is 16. The number of carboxylic acids is 1. The number of carbonyl (C=O) groups is 12. The normalized spacial score (nSPS) is 27.0. The van der Waals surface area contributed by atoms with Crippen LogP contribution in [0.25, 0.3) is 0 Å². The lowest BCUT2D eigenvalue weighted by Crippen LogP contribution is -2.64. The van der Waals surface area contributed by atoms with E-state index in [9.17, 15) is 43.8 Å². The summed E-state index contributed by atoms with van der Waals surface area (Å²) in [5, 5.41) is 32.7. The number of likely N-dealkylation sites (N-methyl/N-ethyl adjacent to an activating group) is 7. The van der Waals surface area contributed by atoms with Crippen LogP contribution in [0.2, 0.25) is 0 Å². The van der Waals surface area contributed by atoms with Crippen molar-refractivity contribution in [3.05, 3.63) is 0 Å². The van der Waals surface area contributed by atoms with Crippen molar-refractivity contribution in [1.29, 1.82) is 0 Å². The van der Waals surface area contributed by atoms with Crippen molar-refractivity contribution >= 4 is 70.9 Å². The number of ether oxygens (including phenoxy) is 2. The molecule has 2 fully saturated rings. The SMILES string of the molecule is CC[C@@H]1NC(=O)[C@H]([C@H](O)[C@H](C)CCCCC(=O)O)N(C)C(=O)[C@H](C(C)C)N(C)C(=O)[C@H](CC(C)C)N(C)C(=O)[C@H](CC(C)C)N(C)C(=O)[C@@H](C)NC(=O)[C@H](C)NC(=O)[C@H](CC(C)C)N(C)C(=O)[C@H](C(C)C)NC(=O)[C@H]([C@@H](C)OCCCCN2CCOCC2)N(C)C(=O)[C@@H](C)N(C)C1=O. The van der Waals surface area contributed by atoms with Crippen molar-refractivity contribution in [2.75, 3.05) is 88.8 Å². The van der Waals surface area contributed by atoms with E-state index in [1.165, 1.54) is 89.7 Å². The Morgan fingerprint density at radius 3 is 1.49 bits per heavy atom. The molecule has 2 aliphatic heterocycles. The van der Waals surface area contributed by atoms with Gasteiger partial charge in [-0.1, -0.05) is 89.5 Å². The van der Waals surface area contributed by atoms with E-state index in [1.54, 1.807) is 48.5 Å². The third kappa shape index (κ3) is 25.3. The molecule has 98 heavy (non-hydrogen) atoms. The zero-order valence-corrected chi connectivity index (χ0v) is 63.5. The molecule has 0 saturated carbocycles. The van der Waals surface area contributed by atoms with E-state index in [4.69, 9.17) is 9.47 Å². The molecule has 28 nitrogen and oxygen atoms in total. The molecule has 0 spiro atoms. The lowest BCUT2D eigenvalue weighted by molar-refractivity contribution is -0.157. The van der Waals surface area contributed by atoms with Gasteiger partial charge in [-0.25, -0.2) is 0 Å². The highest BCUT2D eigenvalue weighted by molar-refractivity contribution is 6.00. The molecule has 0 unspecified atom stereocenters. The van der Waals surface area contributed by atoms with Gasteiger partial charge >= 0.3 is 5.97 Å². The predicted molar refractivity (Wildman–Crippen MR) is 372 cm³/mol. The van der Waals surface area contributed by atoms with Crippen molar-refractivity contribution in [1.82, 2.24) is 60.5 Å². The first-order chi connectivity index (χ1) is 45.6. The highest BCUT2D eigenvalue weighted by atomic mass is 16.5. The number of unbranched alkanes of at least 4 members (excludes halogenated alkanes) is 2. The number of hydrogen-bond donors (Lipinski definition) is 6. The molecule has 0 aliphatic carbocycles. The van der Waals surface area contributed by atoms with E-state index in [1.807, 2.05) is 41.5 Å². The van der Waals surface area contributed by atoms with E-state index in [2.05, 4.69) is 26.2 Å². The van der Waals surface area contributed by atoms with Gasteiger partial charge < -0.3 is 75.3 Å². The van der Waals surface area contributed by atoms with Gasteiger partial charge in [-0.3, -0.25) is 62.4 Å². The smallest absolute Gasteiger partial charge is 0.303 e. The van der Waals surface area contributed by atoms with Crippen molar-refractivity contribution in [2.24, 2.45) is 35.5 Å². The van der Waals surface area contributed by atoms with Crippen LogP contribution in [0.1, 0.15) is 175 Å². The molecule has 2 aliphatic rings. The second kappa shape index (κ2) is 41.3. The van der Waals surface area contributed by atoms with E-state index >= 15 is 24.0 Å². The third-order valence-corrected chi connectivity index (χ3v) is 19.1. The molecule has 0 aromatic rings. The number of nitrogens with zero attached hydrogens (tertiary/aromatic N) is 8. The summed E-state index contributed by atoms with van der Waals surface area (Å²) < 4.78 is 11.8. The molecule has 28 heteroatoms. The summed E-state index contributed by atoms with van der Waals surface area (Å²) >= 11 is 0. The van der Waals surface area contributed by atoms with Gasteiger partial charge in [0.05, 0.1) is 25.4 Å². The summed E-state index contributed by atoms with van der Waals surface area (Å²) in [4.78, 5) is 186. The number of rotatable bonds is 23. The minimum absolute atomic E-state index is 0.0541. The van der Waals surface area contributed by atoms with Crippen LogP contribution in [-0.2, 0) is 67.0 Å². The Balaban J connectivity index is 3.02. The predicted octanol–water partition coefficient (Wildman–Crippen LogP) is 2.81. The van der Waals surface area contributed by atoms with Crippen LogP contribution in [-0.4, -0.2) is 288 Å². The van der Waals surface area contributed by atoms with E-state index in [0.717, 1.165) is 40.8 Å². The van der Waals surface area contributed by atoms with Crippen molar-refractivity contribution in [2.45, 2.75) is 254 Å². The quantitative estimate of drug-likeness (QED) is 0.0801. The van der Waals surface area contributed by atoms with E-state index < -0.39 is 167 Å². The first-order valence-electron chi connectivity index (χ1n) is 35.5. The number of nitrogens with one attached hydrogen (secondary N) is 4. The highest BCUT2D eigenvalue weighted by Crippen LogP contribution is 2.27. The van der Waals surface area contributed by atoms with Gasteiger partial charge in [0.25, 0.3) is 0 Å². The molecular weight excluding hydrogens is 1260 g/mol. The second-order valence-corrected chi connectivity index (χ2v) is 29.3. The molecule has 2 saturated heterocycles. The summed E-state index contributed by atoms with van der Waals surface area (Å²) in [5.41, 5.74) is 0. The van der Waals surface area contributed by atoms with Crippen LogP contribution in [0.5, 0.6) is 0 Å². The number of carboxylic acid groups (broad SMARTS) is 1. The van der Waals surface area contributed by atoms with Gasteiger partial charge in [0.2, 0.25) is 65.0 Å². The Labute approximate surface area is 584 Å². The summed E-state index contributed by atoms with van der Waals surface area (Å²) in [5.74, 6) is -11.6. The maximum absolute atomic E-state index is 15.4. The fourth-order valence-electron chi connectivity index (χ4n) is 12.7. The minimum atomic E-state index is -1.73. The molecule has 2 rings (SSSR count). The van der Waals surface area contributed by atoms with Gasteiger partial charge in [0.15, 0.2) is 0 Å². The fourth-order valence-corrected chi connectivity index (χ4v) is 12.7. The summed E-state index contributed by atoms with van der Waals surface area (Å²) in [6.07, 6.45) is -0.327. The molecule has 14 atom stereocenters. The van der Waals surface area contributed by atoms with E-state index in [0.29, 0.717) is 26.1 Å². The lowest BCUT2D eigenvalue weighted by Gasteiger charge is -2.41. The van der Waals surface area contributed by atoms with Gasteiger partial charge in [0.1, 0.15) is 66.5 Å². The highest BCUT2D eigenvalue weighted by Gasteiger charge is 2.47. The van der Waals surface area contributed by atoms with Crippen LogP contribution in [0.3, 0.4) is 0 Å². The Hall–Kier alpha value is -6.52. The number of morpholine rings is 1. The van der Waals surface area contributed by atoms with Crippen LogP contribution in [0.4, 0.5) is 0 Å². The first kappa shape index (κ1) is 87.6. The fraction of sp³-hybridized carbons (Fsp3) is 0.829. The molecule has 0 aromatic heterocycles.